The van der Waals surface area contributed by atoms with Gasteiger partial charge in [0.05, 0.1) is 10.5 Å². The van der Waals surface area contributed by atoms with Gasteiger partial charge in [-0.05, 0) is 26.3 Å². The summed E-state index contributed by atoms with van der Waals surface area (Å²) in [6.45, 7) is 3.35. The van der Waals surface area contributed by atoms with Crippen molar-refractivity contribution in [1.29, 1.82) is 0 Å². The van der Waals surface area contributed by atoms with Crippen molar-refractivity contribution in [3.05, 3.63) is 33.9 Å². The second-order valence-corrected chi connectivity index (χ2v) is 4.74. The van der Waals surface area contributed by atoms with E-state index in [4.69, 9.17) is 10.2 Å². The molecule has 0 unspecified atom stereocenters. The highest BCUT2D eigenvalue weighted by Gasteiger charge is 2.26. The summed E-state index contributed by atoms with van der Waals surface area (Å²) in [5.41, 5.74) is -1.17. The minimum absolute atomic E-state index is 0.0431. The number of carboxylic acid groups (broad SMARTS) is 1. The Kier molecular flexibility index (Phi) is 4.44. The van der Waals surface area contributed by atoms with Gasteiger partial charge in [0.1, 0.15) is 5.69 Å². The van der Waals surface area contributed by atoms with Gasteiger partial charge in [-0.3, -0.25) is 10.1 Å². The number of hydrogen-bond donors (Lipinski definition) is 3. The van der Waals surface area contributed by atoms with Gasteiger partial charge in [-0.1, -0.05) is 6.07 Å². The summed E-state index contributed by atoms with van der Waals surface area (Å²) in [6.07, 6.45) is 0.331. The molecule has 0 radical (unpaired) electrons. The smallest absolute Gasteiger partial charge is 0.338 e. The van der Waals surface area contributed by atoms with Crippen molar-refractivity contribution in [2.45, 2.75) is 25.8 Å². The lowest BCUT2D eigenvalue weighted by Gasteiger charge is -2.27. The third kappa shape index (κ3) is 3.65. The van der Waals surface area contributed by atoms with E-state index in [1.54, 1.807) is 13.8 Å². The number of rotatable bonds is 6. The van der Waals surface area contributed by atoms with Crippen molar-refractivity contribution >= 4 is 17.3 Å². The molecule has 0 saturated heterocycles. The first kappa shape index (κ1) is 14.9. The van der Waals surface area contributed by atoms with E-state index in [1.165, 1.54) is 18.2 Å². The van der Waals surface area contributed by atoms with E-state index in [1.807, 2.05) is 0 Å². The number of aliphatic hydroxyl groups is 1. The normalized spacial score (nSPS) is 11.1. The molecular weight excluding hydrogens is 252 g/mol. The molecule has 7 nitrogen and oxygen atoms in total. The Morgan fingerprint density at radius 3 is 2.58 bits per heavy atom. The molecule has 0 aromatic heterocycles. The largest absolute Gasteiger partial charge is 0.478 e. The molecule has 7 heteroatoms. The number of benzene rings is 1. The SMILES string of the molecule is CC(C)(CCO)Nc1c(C(=O)O)cccc1[N+](=O)[O-]. The Morgan fingerprint density at radius 1 is 1.47 bits per heavy atom. The second-order valence-electron chi connectivity index (χ2n) is 4.74. The van der Waals surface area contributed by atoms with E-state index < -0.39 is 16.4 Å². The van der Waals surface area contributed by atoms with Crippen LogP contribution in [0.1, 0.15) is 30.6 Å². The van der Waals surface area contributed by atoms with Gasteiger partial charge in [-0.2, -0.15) is 0 Å². The van der Waals surface area contributed by atoms with Crippen LogP contribution in [-0.2, 0) is 0 Å². The molecule has 1 aromatic rings. The average Bonchev–Trinajstić information content (AvgIpc) is 2.27. The minimum atomic E-state index is -1.24. The Bertz CT molecular complexity index is 467. The highest BCUT2D eigenvalue weighted by molar-refractivity contribution is 5.97. The predicted molar refractivity (Wildman–Crippen MR) is 69.5 cm³/mol. The zero-order chi connectivity index (χ0) is 14.6. The topological polar surface area (TPSA) is 113 Å². The number of nitrogens with one attached hydrogen (secondary N) is 1. The van der Waals surface area contributed by atoms with Gasteiger partial charge in [0.2, 0.25) is 0 Å². The van der Waals surface area contributed by atoms with E-state index in [9.17, 15) is 14.9 Å². The van der Waals surface area contributed by atoms with E-state index >= 15 is 0 Å². The first-order valence-corrected chi connectivity index (χ1v) is 5.68. The van der Waals surface area contributed by atoms with Gasteiger partial charge < -0.3 is 15.5 Å². The molecule has 104 valence electrons. The summed E-state index contributed by atoms with van der Waals surface area (Å²) in [5, 5.41) is 31.8. The molecule has 0 atom stereocenters. The van der Waals surface area contributed by atoms with Crippen LogP contribution in [-0.4, -0.2) is 33.3 Å². The number of nitrogens with zero attached hydrogens (tertiary/aromatic N) is 1. The summed E-state index contributed by atoms with van der Waals surface area (Å²) in [7, 11) is 0. The lowest BCUT2D eigenvalue weighted by molar-refractivity contribution is -0.384. The molecule has 1 aromatic carbocycles. The van der Waals surface area contributed by atoms with Crippen LogP contribution in [0.2, 0.25) is 0 Å². The van der Waals surface area contributed by atoms with Crippen LogP contribution in [0.3, 0.4) is 0 Å². The maximum Gasteiger partial charge on any atom is 0.338 e. The van der Waals surface area contributed by atoms with Gasteiger partial charge in [0.15, 0.2) is 0 Å². The zero-order valence-corrected chi connectivity index (χ0v) is 10.7. The van der Waals surface area contributed by atoms with Crippen molar-refractivity contribution in [3.63, 3.8) is 0 Å². The van der Waals surface area contributed by atoms with Crippen LogP contribution in [0, 0.1) is 10.1 Å². The lowest BCUT2D eigenvalue weighted by Crippen LogP contribution is -2.33. The molecule has 19 heavy (non-hydrogen) atoms. The molecule has 0 fully saturated rings. The van der Waals surface area contributed by atoms with Crippen LogP contribution in [0.15, 0.2) is 18.2 Å². The molecule has 0 bridgehead atoms. The number of aliphatic hydroxyl groups excluding tert-OH is 1. The maximum atomic E-state index is 11.1. The minimum Gasteiger partial charge on any atom is -0.478 e. The average molecular weight is 268 g/mol. The summed E-state index contributed by atoms with van der Waals surface area (Å²) in [5.74, 6) is -1.24. The number of anilines is 1. The van der Waals surface area contributed by atoms with Gasteiger partial charge >= 0.3 is 5.97 Å². The standard InChI is InChI=1S/C12H16N2O5/c1-12(2,6-7-15)13-10-8(11(16)17)4-3-5-9(10)14(18)19/h3-5,13,15H,6-7H2,1-2H3,(H,16,17). The molecule has 0 aliphatic carbocycles. The Labute approximate surface area is 110 Å². The van der Waals surface area contributed by atoms with Crippen molar-refractivity contribution in [1.82, 2.24) is 0 Å². The number of nitro groups is 1. The molecule has 0 heterocycles. The van der Waals surface area contributed by atoms with Crippen LogP contribution in [0.25, 0.3) is 0 Å². The molecule has 0 amide bonds. The summed E-state index contributed by atoms with van der Waals surface area (Å²) in [4.78, 5) is 21.5. The first-order valence-electron chi connectivity index (χ1n) is 5.68. The highest BCUT2D eigenvalue weighted by atomic mass is 16.6. The number of carboxylic acids is 1. The summed E-state index contributed by atoms with van der Waals surface area (Å²) < 4.78 is 0. The fraction of sp³-hybridized carbons (Fsp3) is 0.417. The van der Waals surface area contributed by atoms with Gasteiger partial charge in [-0.25, -0.2) is 4.79 Å². The van der Waals surface area contributed by atoms with E-state index in [0.29, 0.717) is 6.42 Å². The molecule has 0 spiro atoms. The Morgan fingerprint density at radius 2 is 2.11 bits per heavy atom. The summed E-state index contributed by atoms with van der Waals surface area (Å²) >= 11 is 0. The molecule has 3 N–H and O–H groups in total. The van der Waals surface area contributed by atoms with E-state index in [-0.39, 0.29) is 23.5 Å². The number of aromatic carboxylic acids is 1. The van der Waals surface area contributed by atoms with Crippen LogP contribution in [0.5, 0.6) is 0 Å². The van der Waals surface area contributed by atoms with Crippen LogP contribution in [0.4, 0.5) is 11.4 Å². The number of para-hydroxylation sites is 1. The third-order valence-corrected chi connectivity index (χ3v) is 2.67. The number of hydrogen-bond acceptors (Lipinski definition) is 5. The number of carbonyl (C=O) groups is 1. The Hall–Kier alpha value is -2.15. The number of nitro benzene ring substituents is 1. The Balaban J connectivity index is 3.29. The van der Waals surface area contributed by atoms with Gasteiger partial charge in [0, 0.05) is 18.2 Å². The van der Waals surface area contributed by atoms with Gasteiger partial charge in [0.25, 0.3) is 5.69 Å². The quantitative estimate of drug-likeness (QED) is 0.536. The predicted octanol–water partition coefficient (Wildman–Crippen LogP) is 1.87. The molecule has 0 saturated carbocycles. The zero-order valence-electron chi connectivity index (χ0n) is 10.7. The third-order valence-electron chi connectivity index (χ3n) is 2.67. The van der Waals surface area contributed by atoms with Crippen molar-refractivity contribution in [3.8, 4) is 0 Å². The van der Waals surface area contributed by atoms with E-state index in [0.717, 1.165) is 0 Å². The first-order chi connectivity index (χ1) is 8.78. The second kappa shape index (κ2) is 5.66. The molecule has 0 aliphatic rings. The van der Waals surface area contributed by atoms with Gasteiger partial charge in [-0.15, -0.1) is 0 Å². The molecule has 0 aliphatic heterocycles. The maximum absolute atomic E-state index is 11.1. The van der Waals surface area contributed by atoms with E-state index in [2.05, 4.69) is 5.32 Å². The summed E-state index contributed by atoms with van der Waals surface area (Å²) in [6, 6.07) is 3.86. The lowest BCUT2D eigenvalue weighted by atomic mass is 9.99. The molecular formula is C12H16N2O5. The van der Waals surface area contributed by atoms with Crippen LogP contribution >= 0.6 is 0 Å². The fourth-order valence-electron chi connectivity index (χ4n) is 1.68. The van der Waals surface area contributed by atoms with Crippen LogP contribution < -0.4 is 5.32 Å². The van der Waals surface area contributed by atoms with Crippen molar-refractivity contribution in [2.75, 3.05) is 11.9 Å². The fourth-order valence-corrected chi connectivity index (χ4v) is 1.68. The molecule has 1 rings (SSSR count). The highest BCUT2D eigenvalue weighted by Crippen LogP contribution is 2.31. The monoisotopic (exact) mass is 268 g/mol. The van der Waals surface area contributed by atoms with Crippen molar-refractivity contribution < 1.29 is 19.9 Å². The van der Waals surface area contributed by atoms with Crippen molar-refractivity contribution in [2.24, 2.45) is 0 Å².